The van der Waals surface area contributed by atoms with Gasteiger partial charge in [0, 0.05) is 17.6 Å². The third-order valence-electron chi connectivity index (χ3n) is 3.43. The molecule has 0 bridgehead atoms. The SMILES string of the molecule is CC1(C(=O)Nc2ccccn2)CC(c2ccc(Cl)cc2)=NO1. The molecule has 3 rings (SSSR count). The van der Waals surface area contributed by atoms with Crippen molar-refractivity contribution in [3.63, 3.8) is 0 Å². The predicted molar refractivity (Wildman–Crippen MR) is 85.0 cm³/mol. The van der Waals surface area contributed by atoms with E-state index >= 15 is 0 Å². The number of anilines is 1. The normalized spacial score (nSPS) is 20.2. The van der Waals surface area contributed by atoms with Crippen LogP contribution in [0.4, 0.5) is 5.82 Å². The molecule has 22 heavy (non-hydrogen) atoms. The second-order valence-corrected chi connectivity index (χ2v) is 5.65. The van der Waals surface area contributed by atoms with Gasteiger partial charge in [-0.25, -0.2) is 4.98 Å². The number of nitrogens with one attached hydrogen (secondary N) is 1. The zero-order valence-electron chi connectivity index (χ0n) is 11.9. The lowest BCUT2D eigenvalue weighted by atomic mass is 9.95. The van der Waals surface area contributed by atoms with Crippen LogP contribution >= 0.6 is 11.6 Å². The Morgan fingerprint density at radius 2 is 2.05 bits per heavy atom. The van der Waals surface area contributed by atoms with Crippen LogP contribution in [0.2, 0.25) is 5.02 Å². The minimum atomic E-state index is -1.05. The molecule has 1 atom stereocenters. The van der Waals surface area contributed by atoms with Gasteiger partial charge < -0.3 is 10.2 Å². The van der Waals surface area contributed by atoms with E-state index in [9.17, 15) is 4.79 Å². The van der Waals surface area contributed by atoms with E-state index in [2.05, 4.69) is 15.5 Å². The van der Waals surface area contributed by atoms with Gasteiger partial charge in [-0.15, -0.1) is 0 Å². The summed E-state index contributed by atoms with van der Waals surface area (Å²) >= 11 is 5.87. The molecular weight excluding hydrogens is 302 g/mol. The average molecular weight is 316 g/mol. The molecular formula is C16H14ClN3O2. The quantitative estimate of drug-likeness (QED) is 0.945. The summed E-state index contributed by atoms with van der Waals surface area (Å²) in [6.45, 7) is 1.71. The van der Waals surface area contributed by atoms with Crippen molar-refractivity contribution < 1.29 is 9.63 Å². The number of carbonyl (C=O) groups excluding carboxylic acids is 1. The van der Waals surface area contributed by atoms with Crippen molar-refractivity contribution in [2.45, 2.75) is 18.9 Å². The molecule has 5 nitrogen and oxygen atoms in total. The summed E-state index contributed by atoms with van der Waals surface area (Å²) in [4.78, 5) is 21.9. The Kier molecular flexibility index (Phi) is 3.81. The first-order valence-electron chi connectivity index (χ1n) is 6.80. The van der Waals surface area contributed by atoms with Gasteiger partial charge in [0.2, 0.25) is 5.60 Å². The number of aromatic nitrogens is 1. The van der Waals surface area contributed by atoms with Crippen LogP contribution in [-0.4, -0.2) is 22.2 Å². The molecule has 0 saturated carbocycles. The summed E-state index contributed by atoms with van der Waals surface area (Å²) in [7, 11) is 0. The molecule has 1 aliphatic rings. The maximum atomic E-state index is 12.4. The number of halogens is 1. The predicted octanol–water partition coefficient (Wildman–Crippen LogP) is 3.26. The Bertz CT molecular complexity index is 716. The fourth-order valence-corrected chi connectivity index (χ4v) is 2.27. The molecule has 0 aliphatic carbocycles. The molecule has 0 fully saturated rings. The summed E-state index contributed by atoms with van der Waals surface area (Å²) in [5, 5.41) is 7.43. The largest absolute Gasteiger partial charge is 0.379 e. The van der Waals surface area contributed by atoms with Gasteiger partial charge in [0.1, 0.15) is 5.82 Å². The number of benzene rings is 1. The Balaban J connectivity index is 1.71. The molecule has 1 amide bonds. The van der Waals surface area contributed by atoms with Gasteiger partial charge in [0.25, 0.3) is 5.91 Å². The highest BCUT2D eigenvalue weighted by Gasteiger charge is 2.42. The van der Waals surface area contributed by atoms with Crippen LogP contribution in [0.3, 0.4) is 0 Å². The van der Waals surface area contributed by atoms with Crippen molar-refractivity contribution in [1.82, 2.24) is 4.98 Å². The van der Waals surface area contributed by atoms with Gasteiger partial charge in [-0.1, -0.05) is 35.0 Å². The number of hydrogen-bond acceptors (Lipinski definition) is 4. The second-order valence-electron chi connectivity index (χ2n) is 5.21. The average Bonchev–Trinajstić information content (AvgIpc) is 2.93. The van der Waals surface area contributed by atoms with E-state index < -0.39 is 5.60 Å². The molecule has 112 valence electrons. The van der Waals surface area contributed by atoms with Crippen molar-refractivity contribution in [1.29, 1.82) is 0 Å². The molecule has 6 heteroatoms. The highest BCUT2D eigenvalue weighted by atomic mass is 35.5. The number of oxime groups is 1. The van der Waals surface area contributed by atoms with Gasteiger partial charge in [-0.3, -0.25) is 4.79 Å². The lowest BCUT2D eigenvalue weighted by Crippen LogP contribution is -2.40. The number of amides is 1. The first-order valence-corrected chi connectivity index (χ1v) is 7.18. The maximum Gasteiger partial charge on any atom is 0.272 e. The fraction of sp³-hybridized carbons (Fsp3) is 0.188. The topological polar surface area (TPSA) is 63.6 Å². The molecule has 0 radical (unpaired) electrons. The number of nitrogens with zero attached hydrogens (tertiary/aromatic N) is 2. The Hall–Kier alpha value is -2.40. The highest BCUT2D eigenvalue weighted by molar-refractivity contribution is 6.30. The van der Waals surface area contributed by atoms with E-state index in [1.165, 1.54) is 0 Å². The second kappa shape index (κ2) is 5.77. The van der Waals surface area contributed by atoms with Crippen molar-refractivity contribution in [3.8, 4) is 0 Å². The molecule has 2 heterocycles. The Labute approximate surface area is 133 Å². The van der Waals surface area contributed by atoms with Crippen molar-refractivity contribution in [2.24, 2.45) is 5.16 Å². The first-order chi connectivity index (χ1) is 10.6. The van der Waals surface area contributed by atoms with E-state index in [4.69, 9.17) is 16.4 Å². The Morgan fingerprint density at radius 3 is 2.73 bits per heavy atom. The fourth-order valence-electron chi connectivity index (χ4n) is 2.14. The smallest absolute Gasteiger partial charge is 0.272 e. The van der Waals surface area contributed by atoms with Crippen molar-refractivity contribution in [2.75, 3.05) is 5.32 Å². The number of carbonyl (C=O) groups is 1. The van der Waals surface area contributed by atoms with E-state index in [0.717, 1.165) is 11.3 Å². The molecule has 1 aliphatic heterocycles. The van der Waals surface area contributed by atoms with Gasteiger partial charge in [0.15, 0.2) is 0 Å². The standard InChI is InChI=1S/C16H14ClN3O2/c1-16(15(21)19-14-4-2-3-9-18-14)10-13(20-22-16)11-5-7-12(17)8-6-11/h2-9H,10H2,1H3,(H,18,19,21). The summed E-state index contributed by atoms with van der Waals surface area (Å²) in [6.07, 6.45) is 2.00. The van der Waals surface area contributed by atoms with E-state index in [1.54, 1.807) is 43.5 Å². The van der Waals surface area contributed by atoms with Crippen molar-refractivity contribution >= 4 is 29.0 Å². The molecule has 2 aromatic rings. The zero-order chi connectivity index (χ0) is 15.6. The summed E-state index contributed by atoms with van der Waals surface area (Å²) in [5.41, 5.74) is 0.557. The highest BCUT2D eigenvalue weighted by Crippen LogP contribution is 2.28. The summed E-state index contributed by atoms with van der Waals surface area (Å²) < 4.78 is 0. The third kappa shape index (κ3) is 2.94. The van der Waals surface area contributed by atoms with E-state index in [0.29, 0.717) is 17.3 Å². The number of rotatable bonds is 3. The van der Waals surface area contributed by atoms with Crippen LogP contribution in [0.15, 0.2) is 53.8 Å². The minimum Gasteiger partial charge on any atom is -0.379 e. The molecule has 1 aromatic carbocycles. The van der Waals surface area contributed by atoms with Crippen molar-refractivity contribution in [3.05, 3.63) is 59.2 Å². The lowest BCUT2D eigenvalue weighted by Gasteiger charge is -2.19. The molecule has 1 unspecified atom stereocenters. The Morgan fingerprint density at radius 1 is 1.27 bits per heavy atom. The first kappa shape index (κ1) is 14.5. The van der Waals surface area contributed by atoms with Crippen LogP contribution in [0, 0.1) is 0 Å². The zero-order valence-corrected chi connectivity index (χ0v) is 12.7. The summed E-state index contributed by atoms with van der Waals surface area (Å²) in [5.74, 6) is 0.205. The van der Waals surface area contributed by atoms with Crippen LogP contribution in [0.5, 0.6) is 0 Å². The van der Waals surface area contributed by atoms with Crippen LogP contribution in [-0.2, 0) is 9.63 Å². The monoisotopic (exact) mass is 315 g/mol. The van der Waals surface area contributed by atoms with E-state index in [-0.39, 0.29) is 5.91 Å². The summed E-state index contributed by atoms with van der Waals surface area (Å²) in [6, 6.07) is 12.6. The lowest BCUT2D eigenvalue weighted by molar-refractivity contribution is -0.135. The van der Waals surface area contributed by atoms with Crippen LogP contribution in [0.25, 0.3) is 0 Å². The van der Waals surface area contributed by atoms with Gasteiger partial charge in [-0.2, -0.15) is 0 Å². The van der Waals surface area contributed by atoms with Gasteiger partial charge in [-0.05, 0) is 36.8 Å². The van der Waals surface area contributed by atoms with Gasteiger partial charge in [0.05, 0.1) is 5.71 Å². The minimum absolute atomic E-state index is 0.279. The maximum absolute atomic E-state index is 12.4. The van der Waals surface area contributed by atoms with Gasteiger partial charge >= 0.3 is 0 Å². The van der Waals surface area contributed by atoms with Crippen LogP contribution in [0.1, 0.15) is 18.9 Å². The molecule has 1 aromatic heterocycles. The molecule has 0 spiro atoms. The van der Waals surface area contributed by atoms with E-state index in [1.807, 2.05) is 12.1 Å². The molecule has 1 N–H and O–H groups in total. The number of pyridine rings is 1. The third-order valence-corrected chi connectivity index (χ3v) is 3.68. The molecule has 0 saturated heterocycles. The van der Waals surface area contributed by atoms with Crippen LogP contribution < -0.4 is 5.32 Å². The number of hydrogen-bond donors (Lipinski definition) is 1.